The van der Waals surface area contributed by atoms with Gasteiger partial charge in [-0.15, -0.1) is 0 Å². The number of aliphatic hydroxyl groups is 1. The van der Waals surface area contributed by atoms with Crippen molar-refractivity contribution in [3.8, 4) is 0 Å². The molecule has 1 aromatic rings. The van der Waals surface area contributed by atoms with Crippen molar-refractivity contribution in [2.24, 2.45) is 5.73 Å². The molecular weight excluding hydrogens is 154 g/mol. The van der Waals surface area contributed by atoms with Crippen molar-refractivity contribution >= 4 is 5.91 Å². The lowest BCUT2D eigenvalue weighted by Crippen LogP contribution is -2.21. The smallest absolute Gasteiger partial charge is 0.250 e. The van der Waals surface area contributed by atoms with Crippen molar-refractivity contribution in [2.75, 3.05) is 0 Å². The van der Waals surface area contributed by atoms with Crippen LogP contribution in [0.15, 0.2) is 24.3 Å². The van der Waals surface area contributed by atoms with E-state index in [4.69, 9.17) is 5.73 Å². The summed E-state index contributed by atoms with van der Waals surface area (Å²) in [5, 5.41) is 9.30. The van der Waals surface area contributed by atoms with Crippen molar-refractivity contribution in [1.29, 1.82) is 0 Å². The van der Waals surface area contributed by atoms with Gasteiger partial charge in [0, 0.05) is 0 Å². The fraction of sp³-hybridized carbons (Fsp3) is 0.222. The molecule has 0 aliphatic carbocycles. The van der Waals surface area contributed by atoms with Crippen molar-refractivity contribution < 1.29 is 9.90 Å². The topological polar surface area (TPSA) is 63.3 Å². The quantitative estimate of drug-likeness (QED) is 0.670. The summed E-state index contributed by atoms with van der Waals surface area (Å²) >= 11 is 0. The Bertz CT molecular complexity index is 296. The molecule has 0 aromatic heterocycles. The van der Waals surface area contributed by atoms with Crippen LogP contribution in [0.3, 0.4) is 0 Å². The first-order chi connectivity index (χ1) is 5.63. The van der Waals surface area contributed by atoms with Gasteiger partial charge in [-0.3, -0.25) is 4.79 Å². The SMILES string of the molecule is Cc1ccccc1C(O)C(N)=O. The molecule has 0 saturated heterocycles. The standard InChI is InChI=1S/C9H11NO2/c1-6-4-2-3-5-7(6)8(11)9(10)12/h2-5,8,11H,1H3,(H2,10,12). The van der Waals surface area contributed by atoms with Gasteiger partial charge in [0.15, 0.2) is 6.10 Å². The maximum absolute atomic E-state index is 10.6. The van der Waals surface area contributed by atoms with E-state index in [1.807, 2.05) is 19.1 Å². The molecule has 0 bridgehead atoms. The Labute approximate surface area is 70.8 Å². The molecule has 0 heterocycles. The Kier molecular flexibility index (Phi) is 2.45. The van der Waals surface area contributed by atoms with Crippen LogP contribution in [0.2, 0.25) is 0 Å². The molecule has 0 saturated carbocycles. The zero-order valence-corrected chi connectivity index (χ0v) is 6.82. The number of amides is 1. The van der Waals surface area contributed by atoms with Crippen LogP contribution in [0.5, 0.6) is 0 Å². The van der Waals surface area contributed by atoms with Gasteiger partial charge in [-0.1, -0.05) is 24.3 Å². The number of aliphatic hydroxyl groups excluding tert-OH is 1. The molecule has 0 aliphatic rings. The lowest BCUT2D eigenvalue weighted by atomic mass is 10.0. The van der Waals surface area contributed by atoms with E-state index < -0.39 is 12.0 Å². The van der Waals surface area contributed by atoms with E-state index in [-0.39, 0.29) is 0 Å². The van der Waals surface area contributed by atoms with Crippen molar-refractivity contribution in [3.63, 3.8) is 0 Å². The average molecular weight is 165 g/mol. The lowest BCUT2D eigenvalue weighted by molar-refractivity contribution is -0.126. The van der Waals surface area contributed by atoms with Crippen LogP contribution in [0.25, 0.3) is 0 Å². The Morgan fingerprint density at radius 3 is 2.58 bits per heavy atom. The van der Waals surface area contributed by atoms with E-state index in [9.17, 15) is 9.90 Å². The molecule has 0 radical (unpaired) electrons. The summed E-state index contributed by atoms with van der Waals surface area (Å²) < 4.78 is 0. The van der Waals surface area contributed by atoms with Gasteiger partial charge in [0.1, 0.15) is 0 Å². The van der Waals surface area contributed by atoms with Gasteiger partial charge in [0.25, 0.3) is 5.91 Å². The highest BCUT2D eigenvalue weighted by molar-refractivity contribution is 5.80. The summed E-state index contributed by atoms with van der Waals surface area (Å²) in [7, 11) is 0. The van der Waals surface area contributed by atoms with Gasteiger partial charge in [0.2, 0.25) is 0 Å². The van der Waals surface area contributed by atoms with Crippen LogP contribution in [-0.2, 0) is 4.79 Å². The summed E-state index contributed by atoms with van der Waals surface area (Å²) in [6.45, 7) is 1.82. The van der Waals surface area contributed by atoms with Crippen molar-refractivity contribution in [1.82, 2.24) is 0 Å². The van der Waals surface area contributed by atoms with Crippen molar-refractivity contribution in [3.05, 3.63) is 35.4 Å². The first-order valence-electron chi connectivity index (χ1n) is 3.66. The predicted octanol–water partition coefficient (Wildman–Crippen LogP) is 0.514. The number of rotatable bonds is 2. The summed E-state index contributed by atoms with van der Waals surface area (Å²) in [6.07, 6.45) is -1.19. The molecule has 1 rings (SSSR count). The van der Waals surface area contributed by atoms with E-state index in [0.717, 1.165) is 5.56 Å². The van der Waals surface area contributed by atoms with E-state index in [2.05, 4.69) is 0 Å². The van der Waals surface area contributed by atoms with Crippen LogP contribution in [-0.4, -0.2) is 11.0 Å². The van der Waals surface area contributed by atoms with Gasteiger partial charge in [-0.05, 0) is 18.1 Å². The van der Waals surface area contributed by atoms with E-state index >= 15 is 0 Å². The number of benzene rings is 1. The third-order valence-electron chi connectivity index (χ3n) is 1.75. The second-order valence-corrected chi connectivity index (χ2v) is 2.66. The van der Waals surface area contributed by atoms with Gasteiger partial charge >= 0.3 is 0 Å². The molecule has 0 aliphatic heterocycles. The Morgan fingerprint density at radius 1 is 1.50 bits per heavy atom. The average Bonchev–Trinajstić information content (AvgIpc) is 2.04. The molecule has 0 spiro atoms. The third kappa shape index (κ3) is 1.62. The molecule has 3 nitrogen and oxygen atoms in total. The summed E-state index contributed by atoms with van der Waals surface area (Å²) in [4.78, 5) is 10.6. The molecule has 12 heavy (non-hydrogen) atoms. The Balaban J connectivity index is 3.02. The molecule has 3 heteroatoms. The van der Waals surface area contributed by atoms with Gasteiger partial charge in [-0.25, -0.2) is 0 Å². The highest BCUT2D eigenvalue weighted by Crippen LogP contribution is 2.15. The number of carbonyl (C=O) groups excluding carboxylic acids is 1. The second kappa shape index (κ2) is 3.36. The maximum Gasteiger partial charge on any atom is 0.250 e. The lowest BCUT2D eigenvalue weighted by Gasteiger charge is -2.08. The molecule has 1 atom stereocenters. The molecule has 1 aromatic carbocycles. The zero-order valence-electron chi connectivity index (χ0n) is 6.82. The summed E-state index contributed by atoms with van der Waals surface area (Å²) in [5.41, 5.74) is 6.39. The van der Waals surface area contributed by atoms with Crippen LogP contribution in [0.4, 0.5) is 0 Å². The largest absolute Gasteiger partial charge is 0.378 e. The highest BCUT2D eigenvalue weighted by Gasteiger charge is 2.14. The number of hydrogen-bond donors (Lipinski definition) is 2. The number of carbonyl (C=O) groups is 1. The first-order valence-corrected chi connectivity index (χ1v) is 3.66. The van der Waals surface area contributed by atoms with Gasteiger partial charge in [-0.2, -0.15) is 0 Å². The van der Waals surface area contributed by atoms with E-state index in [0.29, 0.717) is 5.56 Å². The second-order valence-electron chi connectivity index (χ2n) is 2.66. The first kappa shape index (κ1) is 8.74. The number of hydrogen-bond acceptors (Lipinski definition) is 2. The van der Waals surface area contributed by atoms with E-state index in [1.54, 1.807) is 12.1 Å². The molecule has 64 valence electrons. The third-order valence-corrected chi connectivity index (χ3v) is 1.75. The monoisotopic (exact) mass is 165 g/mol. The maximum atomic E-state index is 10.6. The highest BCUT2D eigenvalue weighted by atomic mass is 16.3. The number of aryl methyl sites for hydroxylation is 1. The summed E-state index contributed by atoms with van der Waals surface area (Å²) in [6, 6.07) is 7.10. The van der Waals surface area contributed by atoms with Crippen LogP contribution in [0, 0.1) is 6.92 Å². The van der Waals surface area contributed by atoms with Gasteiger partial charge in [0.05, 0.1) is 0 Å². The van der Waals surface area contributed by atoms with Gasteiger partial charge < -0.3 is 10.8 Å². The zero-order chi connectivity index (χ0) is 9.14. The van der Waals surface area contributed by atoms with Crippen molar-refractivity contribution in [2.45, 2.75) is 13.0 Å². The summed E-state index contributed by atoms with van der Waals surface area (Å²) in [5.74, 6) is -0.718. The number of nitrogens with two attached hydrogens (primary N) is 1. The molecule has 0 fully saturated rings. The minimum atomic E-state index is -1.19. The van der Waals surface area contributed by atoms with Crippen LogP contribution >= 0.6 is 0 Å². The molecule has 3 N–H and O–H groups in total. The minimum Gasteiger partial charge on any atom is -0.378 e. The van der Waals surface area contributed by atoms with Crippen LogP contribution < -0.4 is 5.73 Å². The molecular formula is C9H11NO2. The fourth-order valence-corrected chi connectivity index (χ4v) is 1.05. The molecule has 1 amide bonds. The van der Waals surface area contributed by atoms with E-state index in [1.165, 1.54) is 0 Å². The predicted molar refractivity (Wildman–Crippen MR) is 45.3 cm³/mol. The van der Waals surface area contributed by atoms with Crippen LogP contribution in [0.1, 0.15) is 17.2 Å². The molecule has 1 unspecified atom stereocenters. The number of primary amides is 1. The Morgan fingerprint density at radius 2 is 2.08 bits per heavy atom. The fourth-order valence-electron chi connectivity index (χ4n) is 1.05. The Hall–Kier alpha value is -1.35. The minimum absolute atomic E-state index is 0.574. The normalized spacial score (nSPS) is 12.5.